The number of pyridine rings is 1. The molecule has 0 bridgehead atoms. The van der Waals surface area contributed by atoms with Crippen LogP contribution in [-0.4, -0.2) is 17.6 Å². The fraction of sp³-hybridized carbons (Fsp3) is 0.389. The number of hydrogen-bond donors (Lipinski definition) is 1. The summed E-state index contributed by atoms with van der Waals surface area (Å²) in [6, 6.07) is 11.1. The van der Waals surface area contributed by atoms with Crippen LogP contribution in [0.25, 0.3) is 0 Å². The number of rotatable bonds is 7. The molecule has 21 heavy (non-hydrogen) atoms. The minimum atomic E-state index is 0.439. The highest BCUT2D eigenvalue weighted by Crippen LogP contribution is 2.18. The Bertz CT molecular complexity index is 569. The monoisotopic (exact) mass is 302 g/mol. The SMILES string of the molecule is CCNC(CCc1ccccc1C)Cc1ccncc1Cl. The van der Waals surface area contributed by atoms with E-state index in [2.05, 4.69) is 48.4 Å². The van der Waals surface area contributed by atoms with Gasteiger partial charge in [-0.15, -0.1) is 0 Å². The Balaban J connectivity index is 1.99. The molecule has 2 rings (SSSR count). The van der Waals surface area contributed by atoms with E-state index >= 15 is 0 Å². The third kappa shape index (κ3) is 4.83. The second-order valence-electron chi connectivity index (χ2n) is 5.39. The van der Waals surface area contributed by atoms with Gasteiger partial charge in [-0.3, -0.25) is 4.98 Å². The van der Waals surface area contributed by atoms with Crippen molar-refractivity contribution in [3.8, 4) is 0 Å². The summed E-state index contributed by atoms with van der Waals surface area (Å²) >= 11 is 6.22. The molecule has 0 spiro atoms. The van der Waals surface area contributed by atoms with Gasteiger partial charge >= 0.3 is 0 Å². The minimum Gasteiger partial charge on any atom is -0.314 e. The van der Waals surface area contributed by atoms with Crippen molar-refractivity contribution in [1.29, 1.82) is 0 Å². The predicted molar refractivity (Wildman–Crippen MR) is 89.9 cm³/mol. The van der Waals surface area contributed by atoms with E-state index in [-0.39, 0.29) is 0 Å². The zero-order chi connectivity index (χ0) is 15.1. The maximum absolute atomic E-state index is 6.22. The van der Waals surface area contributed by atoms with Crippen molar-refractivity contribution in [2.45, 2.75) is 39.2 Å². The predicted octanol–water partition coefficient (Wildman–Crippen LogP) is 4.20. The second-order valence-corrected chi connectivity index (χ2v) is 5.80. The lowest BCUT2D eigenvalue weighted by Gasteiger charge is -2.19. The maximum Gasteiger partial charge on any atom is 0.0621 e. The summed E-state index contributed by atoms with van der Waals surface area (Å²) in [5, 5.41) is 4.33. The average molecular weight is 303 g/mol. The van der Waals surface area contributed by atoms with E-state index in [9.17, 15) is 0 Å². The highest BCUT2D eigenvalue weighted by molar-refractivity contribution is 6.31. The number of nitrogens with one attached hydrogen (secondary N) is 1. The molecule has 3 heteroatoms. The van der Waals surface area contributed by atoms with Crippen LogP contribution in [0.2, 0.25) is 5.02 Å². The number of benzene rings is 1. The van der Waals surface area contributed by atoms with Crippen LogP contribution < -0.4 is 5.32 Å². The fourth-order valence-electron chi connectivity index (χ4n) is 2.62. The molecule has 1 atom stereocenters. The Kier molecular flexibility index (Phi) is 6.21. The van der Waals surface area contributed by atoms with Crippen molar-refractivity contribution in [2.24, 2.45) is 0 Å². The molecule has 0 radical (unpaired) electrons. The molecule has 0 fully saturated rings. The van der Waals surface area contributed by atoms with Gasteiger partial charge in [0.1, 0.15) is 0 Å². The van der Waals surface area contributed by atoms with Crippen molar-refractivity contribution in [3.63, 3.8) is 0 Å². The van der Waals surface area contributed by atoms with Crippen molar-refractivity contribution in [1.82, 2.24) is 10.3 Å². The summed E-state index contributed by atoms with van der Waals surface area (Å²) in [7, 11) is 0. The standard InChI is InChI=1S/C18H23ClN2/c1-3-21-17(12-16-10-11-20-13-18(16)19)9-8-15-7-5-4-6-14(15)2/h4-7,10-11,13,17,21H,3,8-9,12H2,1-2H3. The average Bonchev–Trinajstić information content (AvgIpc) is 2.48. The molecule has 1 unspecified atom stereocenters. The molecule has 1 N–H and O–H groups in total. The van der Waals surface area contributed by atoms with Gasteiger partial charge in [0, 0.05) is 18.4 Å². The molecule has 0 saturated heterocycles. The van der Waals surface area contributed by atoms with Crippen LogP contribution in [0.1, 0.15) is 30.0 Å². The maximum atomic E-state index is 6.22. The van der Waals surface area contributed by atoms with Crippen molar-refractivity contribution in [2.75, 3.05) is 6.54 Å². The first-order valence-electron chi connectivity index (χ1n) is 7.57. The lowest BCUT2D eigenvalue weighted by Crippen LogP contribution is -2.31. The molecule has 1 aromatic carbocycles. The van der Waals surface area contributed by atoms with Gasteiger partial charge in [0.15, 0.2) is 0 Å². The van der Waals surface area contributed by atoms with Crippen LogP contribution in [-0.2, 0) is 12.8 Å². The molecule has 1 heterocycles. The summed E-state index contributed by atoms with van der Waals surface area (Å²) in [6.07, 6.45) is 6.68. The molecule has 0 aliphatic rings. The minimum absolute atomic E-state index is 0.439. The number of hydrogen-bond acceptors (Lipinski definition) is 2. The zero-order valence-corrected chi connectivity index (χ0v) is 13.5. The number of likely N-dealkylation sites (N-methyl/N-ethyl adjacent to an activating group) is 1. The van der Waals surface area contributed by atoms with Crippen LogP contribution in [0, 0.1) is 6.92 Å². The molecule has 0 saturated carbocycles. The van der Waals surface area contributed by atoms with Gasteiger partial charge < -0.3 is 5.32 Å². The lowest BCUT2D eigenvalue weighted by atomic mass is 9.97. The Morgan fingerprint density at radius 3 is 2.71 bits per heavy atom. The van der Waals surface area contributed by atoms with E-state index in [0.29, 0.717) is 6.04 Å². The Hall–Kier alpha value is -1.38. The van der Waals surface area contributed by atoms with Crippen molar-refractivity contribution < 1.29 is 0 Å². The quantitative estimate of drug-likeness (QED) is 0.829. The van der Waals surface area contributed by atoms with Crippen LogP contribution in [0.5, 0.6) is 0 Å². The second kappa shape index (κ2) is 8.16. The first-order valence-corrected chi connectivity index (χ1v) is 7.94. The van der Waals surface area contributed by atoms with Gasteiger partial charge in [-0.25, -0.2) is 0 Å². The summed E-state index contributed by atoms with van der Waals surface area (Å²) in [5.41, 5.74) is 3.97. The zero-order valence-electron chi connectivity index (χ0n) is 12.8. The van der Waals surface area contributed by atoms with Crippen molar-refractivity contribution in [3.05, 3.63) is 64.4 Å². The third-order valence-electron chi connectivity index (χ3n) is 3.84. The van der Waals surface area contributed by atoms with E-state index in [0.717, 1.165) is 30.8 Å². The summed E-state index contributed by atoms with van der Waals surface area (Å²) in [6.45, 7) is 5.30. The molecule has 112 valence electrons. The van der Waals surface area contributed by atoms with Gasteiger partial charge in [0.05, 0.1) is 5.02 Å². The Morgan fingerprint density at radius 1 is 1.19 bits per heavy atom. The number of aryl methyl sites for hydroxylation is 2. The van der Waals surface area contributed by atoms with E-state index in [1.165, 1.54) is 16.7 Å². The molecule has 0 aliphatic heterocycles. The first kappa shape index (κ1) is 16.0. The van der Waals surface area contributed by atoms with Crippen LogP contribution in [0.3, 0.4) is 0 Å². The summed E-state index contributed by atoms with van der Waals surface area (Å²) in [5.74, 6) is 0. The largest absolute Gasteiger partial charge is 0.314 e. The van der Waals surface area contributed by atoms with Gasteiger partial charge in [0.25, 0.3) is 0 Å². The summed E-state index contributed by atoms with van der Waals surface area (Å²) in [4.78, 5) is 4.05. The molecule has 0 aliphatic carbocycles. The topological polar surface area (TPSA) is 24.9 Å². The van der Waals surface area contributed by atoms with E-state index in [1.807, 2.05) is 12.3 Å². The highest BCUT2D eigenvalue weighted by atomic mass is 35.5. The van der Waals surface area contributed by atoms with Crippen LogP contribution >= 0.6 is 11.6 Å². The molecule has 1 aromatic heterocycles. The number of halogens is 1. The first-order chi connectivity index (χ1) is 10.2. The van der Waals surface area contributed by atoms with Crippen LogP contribution in [0.15, 0.2) is 42.7 Å². The molecule has 2 aromatic rings. The molecule has 0 amide bonds. The third-order valence-corrected chi connectivity index (χ3v) is 4.18. The van der Waals surface area contributed by atoms with Gasteiger partial charge in [-0.05, 0) is 55.5 Å². The normalized spacial score (nSPS) is 12.3. The van der Waals surface area contributed by atoms with E-state index in [4.69, 9.17) is 11.6 Å². The molecule has 2 nitrogen and oxygen atoms in total. The molecular formula is C18H23ClN2. The smallest absolute Gasteiger partial charge is 0.0621 e. The van der Waals surface area contributed by atoms with E-state index < -0.39 is 0 Å². The number of nitrogens with zero attached hydrogens (tertiary/aromatic N) is 1. The lowest BCUT2D eigenvalue weighted by molar-refractivity contribution is 0.490. The Labute approximate surface area is 132 Å². The van der Waals surface area contributed by atoms with Crippen molar-refractivity contribution >= 4 is 11.6 Å². The summed E-state index contributed by atoms with van der Waals surface area (Å²) < 4.78 is 0. The van der Waals surface area contributed by atoms with Gasteiger partial charge in [-0.2, -0.15) is 0 Å². The van der Waals surface area contributed by atoms with Crippen LogP contribution in [0.4, 0.5) is 0 Å². The van der Waals surface area contributed by atoms with Gasteiger partial charge in [0.2, 0.25) is 0 Å². The molecular weight excluding hydrogens is 280 g/mol. The Morgan fingerprint density at radius 2 is 2.00 bits per heavy atom. The van der Waals surface area contributed by atoms with E-state index in [1.54, 1.807) is 6.20 Å². The highest BCUT2D eigenvalue weighted by Gasteiger charge is 2.11. The number of aromatic nitrogens is 1. The fourth-order valence-corrected chi connectivity index (χ4v) is 2.82. The van der Waals surface area contributed by atoms with Gasteiger partial charge in [-0.1, -0.05) is 42.8 Å².